The molecule has 0 radical (unpaired) electrons. The van der Waals surface area contributed by atoms with Crippen molar-refractivity contribution in [3.8, 4) is 0 Å². The third-order valence-corrected chi connectivity index (χ3v) is 5.46. The lowest BCUT2D eigenvalue weighted by Gasteiger charge is -2.26. The van der Waals surface area contributed by atoms with E-state index < -0.39 is 0 Å². The van der Waals surface area contributed by atoms with E-state index in [-0.39, 0.29) is 10.6 Å². The number of nitrogens with zero attached hydrogens (tertiary/aromatic N) is 4. The Hall–Kier alpha value is -1.71. The van der Waals surface area contributed by atoms with Gasteiger partial charge in [-0.05, 0) is 5.56 Å². The minimum Gasteiger partial charge on any atom is -0.344 e. The number of nitro groups is 1. The Morgan fingerprint density at radius 1 is 1.36 bits per heavy atom. The van der Waals surface area contributed by atoms with Crippen molar-refractivity contribution in [1.29, 1.82) is 0 Å². The first-order valence-electron chi connectivity index (χ1n) is 6.88. The highest BCUT2D eigenvalue weighted by Crippen LogP contribution is 2.30. The highest BCUT2D eigenvalue weighted by molar-refractivity contribution is 8.00. The molecule has 0 spiro atoms. The van der Waals surface area contributed by atoms with Gasteiger partial charge in [-0.25, -0.2) is 0 Å². The molecule has 0 atom stereocenters. The zero-order valence-corrected chi connectivity index (χ0v) is 13.4. The van der Waals surface area contributed by atoms with Gasteiger partial charge in [-0.2, -0.15) is 0 Å². The molecule has 1 N–H and O–H groups in total. The maximum absolute atomic E-state index is 10.8. The molecular formula is C13H15N5O2S2. The molecule has 0 aliphatic carbocycles. The van der Waals surface area contributed by atoms with Crippen LogP contribution in [0.3, 0.4) is 0 Å². The van der Waals surface area contributed by atoms with Crippen LogP contribution in [0.2, 0.25) is 0 Å². The predicted molar refractivity (Wildman–Crippen MR) is 87.6 cm³/mol. The van der Waals surface area contributed by atoms with Crippen LogP contribution >= 0.6 is 23.1 Å². The summed E-state index contributed by atoms with van der Waals surface area (Å²) in [6, 6.07) is 6.70. The van der Waals surface area contributed by atoms with Gasteiger partial charge < -0.3 is 10.2 Å². The van der Waals surface area contributed by atoms with Gasteiger partial charge in [-0.3, -0.25) is 10.1 Å². The number of anilines is 1. The molecule has 0 amide bonds. The molecule has 22 heavy (non-hydrogen) atoms. The van der Waals surface area contributed by atoms with E-state index in [0.29, 0.717) is 5.75 Å². The normalized spacial score (nSPS) is 15.0. The van der Waals surface area contributed by atoms with Gasteiger partial charge in [0.1, 0.15) is 0 Å². The summed E-state index contributed by atoms with van der Waals surface area (Å²) in [5, 5.41) is 23.5. The quantitative estimate of drug-likeness (QED) is 0.508. The standard InChI is InChI=1S/C13H15N5O2S2/c19-18(20)11-3-1-2-10(8-11)9-21-13-16-15-12(22-13)17-6-4-14-5-7-17/h1-3,8,14H,4-7,9H2. The molecule has 1 aromatic carbocycles. The predicted octanol–water partition coefficient (Wildman–Crippen LogP) is 2.15. The van der Waals surface area contributed by atoms with Gasteiger partial charge >= 0.3 is 0 Å². The van der Waals surface area contributed by atoms with E-state index in [2.05, 4.69) is 20.4 Å². The van der Waals surface area contributed by atoms with E-state index >= 15 is 0 Å². The molecule has 2 heterocycles. The highest BCUT2D eigenvalue weighted by atomic mass is 32.2. The summed E-state index contributed by atoms with van der Waals surface area (Å²) in [6.07, 6.45) is 0. The van der Waals surface area contributed by atoms with Crippen LogP contribution in [-0.2, 0) is 5.75 Å². The van der Waals surface area contributed by atoms with Crippen LogP contribution in [0.1, 0.15) is 5.56 Å². The summed E-state index contributed by atoms with van der Waals surface area (Å²) in [7, 11) is 0. The zero-order chi connectivity index (χ0) is 15.4. The second-order valence-corrected chi connectivity index (χ2v) is 6.98. The van der Waals surface area contributed by atoms with Crippen molar-refractivity contribution in [2.75, 3.05) is 31.1 Å². The molecule has 1 aliphatic rings. The van der Waals surface area contributed by atoms with Crippen molar-refractivity contribution in [2.45, 2.75) is 10.1 Å². The molecule has 0 unspecified atom stereocenters. The summed E-state index contributed by atoms with van der Waals surface area (Å²) in [4.78, 5) is 12.6. The lowest BCUT2D eigenvalue weighted by Crippen LogP contribution is -2.43. The molecule has 3 rings (SSSR count). The van der Waals surface area contributed by atoms with Crippen LogP contribution in [0.15, 0.2) is 28.6 Å². The fourth-order valence-electron chi connectivity index (χ4n) is 2.15. The molecule has 0 saturated carbocycles. The molecule has 116 valence electrons. The summed E-state index contributed by atoms with van der Waals surface area (Å²) in [5.74, 6) is 0.651. The average molecular weight is 337 g/mol. The van der Waals surface area contributed by atoms with Gasteiger partial charge in [0.15, 0.2) is 4.34 Å². The van der Waals surface area contributed by atoms with Gasteiger partial charge in [0.05, 0.1) is 4.92 Å². The molecule has 7 nitrogen and oxygen atoms in total. The first kappa shape index (κ1) is 15.2. The summed E-state index contributed by atoms with van der Waals surface area (Å²) in [6.45, 7) is 3.83. The molecule has 1 saturated heterocycles. The number of nitro benzene ring substituents is 1. The zero-order valence-electron chi connectivity index (χ0n) is 11.8. The van der Waals surface area contributed by atoms with Crippen LogP contribution in [0.25, 0.3) is 0 Å². The number of rotatable bonds is 5. The van der Waals surface area contributed by atoms with Crippen molar-refractivity contribution in [3.05, 3.63) is 39.9 Å². The Labute approximate surface area is 135 Å². The van der Waals surface area contributed by atoms with Crippen molar-refractivity contribution in [2.24, 2.45) is 0 Å². The molecule has 9 heteroatoms. The smallest absolute Gasteiger partial charge is 0.269 e. The van der Waals surface area contributed by atoms with E-state index in [1.54, 1.807) is 35.2 Å². The van der Waals surface area contributed by atoms with E-state index in [4.69, 9.17) is 0 Å². The third kappa shape index (κ3) is 3.73. The van der Waals surface area contributed by atoms with Crippen molar-refractivity contribution < 1.29 is 4.92 Å². The van der Waals surface area contributed by atoms with Crippen LogP contribution < -0.4 is 10.2 Å². The number of hydrogen-bond donors (Lipinski definition) is 1. The number of hydrogen-bond acceptors (Lipinski definition) is 8. The molecular weight excluding hydrogens is 322 g/mol. The molecule has 0 bridgehead atoms. The van der Waals surface area contributed by atoms with Gasteiger partial charge in [0.2, 0.25) is 5.13 Å². The van der Waals surface area contributed by atoms with E-state index in [0.717, 1.165) is 41.2 Å². The van der Waals surface area contributed by atoms with Gasteiger partial charge in [-0.1, -0.05) is 35.2 Å². The molecule has 1 aromatic heterocycles. The summed E-state index contributed by atoms with van der Waals surface area (Å²) in [5.41, 5.74) is 1.04. The molecule has 1 fully saturated rings. The summed E-state index contributed by atoms with van der Waals surface area (Å²) < 4.78 is 0.889. The topological polar surface area (TPSA) is 84.2 Å². The maximum Gasteiger partial charge on any atom is 0.269 e. The van der Waals surface area contributed by atoms with Crippen molar-refractivity contribution in [3.63, 3.8) is 0 Å². The lowest BCUT2D eigenvalue weighted by molar-refractivity contribution is -0.384. The van der Waals surface area contributed by atoms with E-state index in [9.17, 15) is 10.1 Å². The van der Waals surface area contributed by atoms with E-state index in [1.165, 1.54) is 6.07 Å². The summed E-state index contributed by atoms with van der Waals surface area (Å²) >= 11 is 3.13. The van der Waals surface area contributed by atoms with Gasteiger partial charge in [0, 0.05) is 44.1 Å². The third-order valence-electron chi connectivity index (χ3n) is 3.27. The SMILES string of the molecule is O=[N+]([O-])c1cccc(CSc2nnc(N3CCNCC3)s2)c1. The van der Waals surface area contributed by atoms with E-state index in [1.807, 2.05) is 6.07 Å². The number of benzene rings is 1. The second-order valence-electron chi connectivity index (χ2n) is 4.80. The Balaban J connectivity index is 1.61. The number of thioether (sulfide) groups is 1. The monoisotopic (exact) mass is 337 g/mol. The van der Waals surface area contributed by atoms with Crippen LogP contribution in [-0.4, -0.2) is 41.3 Å². The Morgan fingerprint density at radius 2 is 2.18 bits per heavy atom. The fourth-order valence-corrected chi connectivity index (χ4v) is 3.99. The van der Waals surface area contributed by atoms with Crippen molar-refractivity contribution >= 4 is 33.9 Å². The minimum absolute atomic E-state index is 0.122. The van der Waals surface area contributed by atoms with Crippen molar-refractivity contribution in [1.82, 2.24) is 15.5 Å². The lowest BCUT2D eigenvalue weighted by atomic mass is 10.2. The highest BCUT2D eigenvalue weighted by Gasteiger charge is 2.15. The number of nitrogens with one attached hydrogen (secondary N) is 1. The number of aromatic nitrogens is 2. The van der Waals surface area contributed by atoms with Crippen LogP contribution in [0, 0.1) is 10.1 Å². The molecule has 2 aromatic rings. The van der Waals surface area contributed by atoms with Gasteiger partial charge in [-0.15, -0.1) is 10.2 Å². The fraction of sp³-hybridized carbons (Fsp3) is 0.385. The minimum atomic E-state index is -0.373. The first-order chi connectivity index (χ1) is 10.7. The Kier molecular flexibility index (Phi) is 4.86. The molecule has 1 aliphatic heterocycles. The first-order valence-corrected chi connectivity index (χ1v) is 8.68. The Morgan fingerprint density at radius 3 is 2.95 bits per heavy atom. The van der Waals surface area contributed by atoms with Gasteiger partial charge in [0.25, 0.3) is 5.69 Å². The maximum atomic E-state index is 10.8. The largest absolute Gasteiger partial charge is 0.344 e. The average Bonchev–Trinajstić information content (AvgIpc) is 3.03. The number of piperazine rings is 1. The van der Waals surface area contributed by atoms with Crippen LogP contribution in [0.5, 0.6) is 0 Å². The number of non-ortho nitro benzene ring substituents is 1. The second kappa shape index (κ2) is 7.03. The van der Waals surface area contributed by atoms with Crippen LogP contribution in [0.4, 0.5) is 10.8 Å². The Bertz CT molecular complexity index is 657.